The number of ether oxygens (including phenoxy) is 1. The van der Waals surface area contributed by atoms with Gasteiger partial charge in [-0.1, -0.05) is 17.7 Å². The number of fused-ring (bicyclic) bond motifs is 1. The summed E-state index contributed by atoms with van der Waals surface area (Å²) in [5.41, 5.74) is 1.78. The Balaban J connectivity index is 1.73. The lowest BCUT2D eigenvalue weighted by molar-refractivity contribution is -0.132. The molecule has 0 bridgehead atoms. The van der Waals surface area contributed by atoms with Crippen molar-refractivity contribution in [1.82, 2.24) is 4.98 Å². The summed E-state index contributed by atoms with van der Waals surface area (Å²) in [6.45, 7) is 0.549. The van der Waals surface area contributed by atoms with E-state index >= 15 is 0 Å². The molecular weight excluding hydrogens is 432 g/mol. The minimum Gasteiger partial charge on any atom is -0.507 e. The van der Waals surface area contributed by atoms with E-state index in [1.54, 1.807) is 36.5 Å². The molecule has 160 valence electrons. The topological polar surface area (TPSA) is 100.0 Å². The fourth-order valence-corrected chi connectivity index (χ4v) is 4.28. The summed E-state index contributed by atoms with van der Waals surface area (Å²) in [7, 11) is 0. The number of rotatable bonds is 3. The van der Waals surface area contributed by atoms with Gasteiger partial charge in [-0.25, -0.2) is 0 Å². The van der Waals surface area contributed by atoms with E-state index in [0.29, 0.717) is 24.2 Å². The highest BCUT2D eigenvalue weighted by Crippen LogP contribution is 2.45. The predicted octanol–water partition coefficient (Wildman–Crippen LogP) is 4.00. The smallest absolute Gasteiger partial charge is 0.300 e. The van der Waals surface area contributed by atoms with Crippen LogP contribution in [0.4, 0.5) is 5.69 Å². The van der Waals surface area contributed by atoms with Crippen LogP contribution < -0.4 is 9.64 Å². The molecule has 32 heavy (non-hydrogen) atoms. The Morgan fingerprint density at radius 2 is 2.00 bits per heavy atom. The number of phenols is 1. The quantitative estimate of drug-likeness (QED) is 0.357. The fraction of sp³-hybridized carbons (Fsp3) is 0.125. The van der Waals surface area contributed by atoms with Gasteiger partial charge in [0.1, 0.15) is 17.3 Å². The molecule has 5 rings (SSSR count). The molecule has 1 atom stereocenters. The zero-order valence-electron chi connectivity index (χ0n) is 16.7. The van der Waals surface area contributed by atoms with E-state index in [-0.39, 0.29) is 27.8 Å². The number of ketones is 1. The largest absolute Gasteiger partial charge is 0.507 e. The highest BCUT2D eigenvalue weighted by molar-refractivity contribution is 6.52. The molecule has 2 aliphatic rings. The highest BCUT2D eigenvalue weighted by Gasteiger charge is 2.48. The van der Waals surface area contributed by atoms with Gasteiger partial charge in [-0.15, -0.1) is 0 Å². The van der Waals surface area contributed by atoms with Crippen molar-refractivity contribution in [3.63, 3.8) is 0 Å². The van der Waals surface area contributed by atoms with E-state index in [0.717, 1.165) is 16.2 Å². The van der Waals surface area contributed by atoms with Gasteiger partial charge in [0, 0.05) is 29.4 Å². The molecule has 2 aromatic carbocycles. The second kappa shape index (κ2) is 7.69. The standard InChI is InChI=1S/C24H17ClN2O5/c25-16-4-5-18(28)17(11-16)27-21(15-2-1-8-26-12-15)20(23(30)24(27)31)22(29)14-3-6-19-13(10-14)7-9-32-19/h1-6,8,10-12,21,28-29H,7,9H2/b22-20-. The number of anilines is 1. The maximum absolute atomic E-state index is 13.1. The summed E-state index contributed by atoms with van der Waals surface area (Å²) in [5, 5.41) is 21.9. The molecule has 0 saturated carbocycles. The number of phenolic OH excluding ortho intramolecular Hbond substituents is 1. The Morgan fingerprint density at radius 1 is 1.16 bits per heavy atom. The lowest BCUT2D eigenvalue weighted by atomic mass is 9.95. The molecule has 3 heterocycles. The van der Waals surface area contributed by atoms with Crippen molar-refractivity contribution in [2.24, 2.45) is 0 Å². The van der Waals surface area contributed by atoms with Crippen molar-refractivity contribution in [3.05, 3.63) is 88.2 Å². The number of aliphatic hydroxyl groups is 1. The summed E-state index contributed by atoms with van der Waals surface area (Å²) in [6, 6.07) is 11.7. The first-order chi connectivity index (χ1) is 15.5. The van der Waals surface area contributed by atoms with Gasteiger partial charge in [0.05, 0.1) is 23.9 Å². The number of aromatic nitrogens is 1. The van der Waals surface area contributed by atoms with Gasteiger partial charge < -0.3 is 14.9 Å². The molecule has 8 heteroatoms. The van der Waals surface area contributed by atoms with Crippen molar-refractivity contribution in [2.75, 3.05) is 11.5 Å². The zero-order chi connectivity index (χ0) is 22.4. The van der Waals surface area contributed by atoms with Crippen LogP contribution in [0.3, 0.4) is 0 Å². The Bertz CT molecular complexity index is 1290. The Hall–Kier alpha value is -3.84. The third kappa shape index (κ3) is 3.18. The minimum atomic E-state index is -1.00. The van der Waals surface area contributed by atoms with Crippen LogP contribution in [0, 0.1) is 0 Å². The Morgan fingerprint density at radius 3 is 2.78 bits per heavy atom. The SMILES string of the molecule is O=C1C(=O)N(c2cc(Cl)ccc2O)C(c2cccnc2)/C1=C(/O)c1ccc2c(c1)CCO2. The van der Waals surface area contributed by atoms with Crippen LogP contribution in [0.25, 0.3) is 5.76 Å². The summed E-state index contributed by atoms with van der Waals surface area (Å²) >= 11 is 6.10. The average molecular weight is 449 g/mol. The Labute approximate surface area is 188 Å². The van der Waals surface area contributed by atoms with Crippen LogP contribution in [-0.4, -0.2) is 33.5 Å². The van der Waals surface area contributed by atoms with Crippen LogP contribution in [-0.2, 0) is 16.0 Å². The molecule has 1 fully saturated rings. The van der Waals surface area contributed by atoms with Crippen LogP contribution in [0.1, 0.15) is 22.7 Å². The van der Waals surface area contributed by atoms with Crippen LogP contribution in [0.2, 0.25) is 5.02 Å². The second-order valence-electron chi connectivity index (χ2n) is 7.51. The van der Waals surface area contributed by atoms with Gasteiger partial charge in [-0.3, -0.25) is 19.5 Å². The van der Waals surface area contributed by atoms with Gasteiger partial charge in [-0.2, -0.15) is 0 Å². The maximum Gasteiger partial charge on any atom is 0.300 e. The van der Waals surface area contributed by atoms with Gasteiger partial charge >= 0.3 is 0 Å². The van der Waals surface area contributed by atoms with Gasteiger partial charge in [0.25, 0.3) is 11.7 Å². The summed E-state index contributed by atoms with van der Waals surface area (Å²) in [4.78, 5) is 31.5. The van der Waals surface area contributed by atoms with Gasteiger partial charge in [0.15, 0.2) is 0 Å². The normalized spacial score (nSPS) is 19.2. The van der Waals surface area contributed by atoms with Crippen molar-refractivity contribution in [2.45, 2.75) is 12.5 Å². The van der Waals surface area contributed by atoms with Crippen molar-refractivity contribution >= 4 is 34.7 Å². The molecule has 0 aliphatic carbocycles. The van der Waals surface area contributed by atoms with E-state index in [1.165, 1.54) is 24.4 Å². The molecule has 1 aromatic heterocycles. The molecule has 1 amide bonds. The number of hydrogen-bond acceptors (Lipinski definition) is 6. The molecule has 0 radical (unpaired) electrons. The summed E-state index contributed by atoms with van der Waals surface area (Å²) < 4.78 is 5.51. The molecule has 3 aromatic rings. The number of carbonyl (C=O) groups is 2. The zero-order valence-corrected chi connectivity index (χ0v) is 17.4. The highest BCUT2D eigenvalue weighted by atomic mass is 35.5. The summed E-state index contributed by atoms with van der Waals surface area (Å²) in [6.07, 6.45) is 3.76. The lowest BCUT2D eigenvalue weighted by Crippen LogP contribution is -2.29. The van der Waals surface area contributed by atoms with Crippen LogP contribution >= 0.6 is 11.6 Å². The van der Waals surface area contributed by atoms with E-state index in [1.807, 2.05) is 0 Å². The first-order valence-corrected chi connectivity index (χ1v) is 10.3. The van der Waals surface area contributed by atoms with Crippen molar-refractivity contribution in [1.29, 1.82) is 0 Å². The minimum absolute atomic E-state index is 0.0647. The monoisotopic (exact) mass is 448 g/mol. The number of pyridine rings is 1. The number of aromatic hydroxyl groups is 1. The average Bonchev–Trinajstić information content (AvgIpc) is 3.38. The predicted molar refractivity (Wildman–Crippen MR) is 118 cm³/mol. The number of Topliss-reactive ketones (excluding diaryl/α,β-unsaturated/α-hetero) is 1. The number of halogens is 1. The molecule has 7 nitrogen and oxygen atoms in total. The summed E-state index contributed by atoms with van der Waals surface area (Å²) in [5.74, 6) is -1.56. The third-order valence-corrected chi connectivity index (χ3v) is 5.84. The number of benzene rings is 2. The van der Waals surface area contributed by atoms with E-state index in [9.17, 15) is 19.8 Å². The van der Waals surface area contributed by atoms with Crippen molar-refractivity contribution in [3.8, 4) is 11.5 Å². The molecular formula is C24H17ClN2O5. The third-order valence-electron chi connectivity index (χ3n) is 5.60. The van der Waals surface area contributed by atoms with Crippen LogP contribution in [0.5, 0.6) is 11.5 Å². The van der Waals surface area contributed by atoms with Crippen molar-refractivity contribution < 1.29 is 24.5 Å². The van der Waals surface area contributed by atoms with E-state index in [2.05, 4.69) is 4.98 Å². The second-order valence-corrected chi connectivity index (χ2v) is 7.95. The molecule has 2 N–H and O–H groups in total. The fourth-order valence-electron chi connectivity index (χ4n) is 4.11. The molecule has 1 saturated heterocycles. The molecule has 0 spiro atoms. The maximum atomic E-state index is 13.1. The number of carbonyl (C=O) groups excluding carboxylic acids is 2. The van der Waals surface area contributed by atoms with Gasteiger partial charge in [-0.05, 0) is 53.6 Å². The molecule has 2 aliphatic heterocycles. The molecule has 1 unspecified atom stereocenters. The first-order valence-electron chi connectivity index (χ1n) is 9.91. The number of aliphatic hydroxyl groups excluding tert-OH is 1. The Kier molecular flexibility index (Phi) is 4.83. The van der Waals surface area contributed by atoms with E-state index < -0.39 is 17.7 Å². The first kappa shape index (κ1) is 20.1. The van der Waals surface area contributed by atoms with Gasteiger partial charge in [0.2, 0.25) is 0 Å². The van der Waals surface area contributed by atoms with Crippen LogP contribution in [0.15, 0.2) is 66.5 Å². The number of hydrogen-bond donors (Lipinski definition) is 2. The number of amides is 1. The van der Waals surface area contributed by atoms with E-state index in [4.69, 9.17) is 16.3 Å². The number of nitrogens with zero attached hydrogens (tertiary/aromatic N) is 2. The lowest BCUT2D eigenvalue weighted by Gasteiger charge is -2.26.